The first-order chi connectivity index (χ1) is 11.1. The van der Waals surface area contributed by atoms with Crippen LogP contribution in [0.25, 0.3) is 0 Å². The van der Waals surface area contributed by atoms with E-state index in [1.54, 1.807) is 4.90 Å². The number of rotatable bonds is 3. The van der Waals surface area contributed by atoms with Crippen LogP contribution in [0.15, 0.2) is 6.07 Å². The van der Waals surface area contributed by atoms with Crippen LogP contribution in [-0.2, 0) is 4.79 Å². The van der Waals surface area contributed by atoms with Gasteiger partial charge in [0.1, 0.15) is 11.7 Å². The molecule has 0 aromatic carbocycles. The smallest absolute Gasteiger partial charge is 0.275 e. The second kappa shape index (κ2) is 6.95. The standard InChI is InChI=1S/C16H24N4O2S/c1-11(2)12-10-13(18-17-12)15(21)20-5-3-4-14(20)16(22)19-6-8-23-9-7-19/h10-11,14H,3-9H2,1-2H3,(H,17,18)/t14-/m1/s1. The van der Waals surface area contributed by atoms with Crippen LogP contribution in [0.1, 0.15) is 48.8 Å². The largest absolute Gasteiger partial charge is 0.339 e. The van der Waals surface area contributed by atoms with Gasteiger partial charge in [-0.05, 0) is 24.8 Å². The number of H-pyrrole nitrogens is 1. The number of nitrogens with zero attached hydrogens (tertiary/aromatic N) is 3. The zero-order valence-corrected chi connectivity index (χ0v) is 14.6. The van der Waals surface area contributed by atoms with Crippen molar-refractivity contribution in [2.75, 3.05) is 31.1 Å². The molecule has 6 nitrogen and oxygen atoms in total. The Labute approximate surface area is 141 Å². The summed E-state index contributed by atoms with van der Waals surface area (Å²) in [5.74, 6) is 2.25. The fourth-order valence-electron chi connectivity index (χ4n) is 3.15. The number of hydrogen-bond acceptors (Lipinski definition) is 4. The van der Waals surface area contributed by atoms with Crippen molar-refractivity contribution in [2.24, 2.45) is 0 Å². The van der Waals surface area contributed by atoms with E-state index in [1.807, 2.05) is 22.7 Å². The highest BCUT2D eigenvalue weighted by Gasteiger charge is 2.37. The number of carbonyl (C=O) groups excluding carboxylic acids is 2. The monoisotopic (exact) mass is 336 g/mol. The average molecular weight is 336 g/mol. The van der Waals surface area contributed by atoms with E-state index in [4.69, 9.17) is 0 Å². The van der Waals surface area contributed by atoms with Crippen LogP contribution in [0.3, 0.4) is 0 Å². The van der Waals surface area contributed by atoms with Gasteiger partial charge in [0.2, 0.25) is 5.91 Å². The van der Waals surface area contributed by atoms with Gasteiger partial charge in [0.05, 0.1) is 0 Å². The topological polar surface area (TPSA) is 69.3 Å². The predicted octanol–water partition coefficient (Wildman–Crippen LogP) is 1.71. The molecule has 1 N–H and O–H groups in total. The van der Waals surface area contributed by atoms with E-state index >= 15 is 0 Å². The maximum atomic E-state index is 12.8. The minimum absolute atomic E-state index is 0.107. The van der Waals surface area contributed by atoms with Gasteiger partial charge in [-0.2, -0.15) is 16.9 Å². The van der Waals surface area contributed by atoms with Gasteiger partial charge in [-0.1, -0.05) is 13.8 Å². The van der Waals surface area contributed by atoms with Crippen LogP contribution in [0, 0.1) is 0 Å². The Morgan fingerprint density at radius 3 is 2.70 bits per heavy atom. The molecule has 0 spiro atoms. The highest BCUT2D eigenvalue weighted by Crippen LogP contribution is 2.23. The zero-order chi connectivity index (χ0) is 16.4. The van der Waals surface area contributed by atoms with E-state index in [0.717, 1.165) is 43.1 Å². The fraction of sp³-hybridized carbons (Fsp3) is 0.688. The first-order valence-corrected chi connectivity index (χ1v) is 9.46. The van der Waals surface area contributed by atoms with Crippen molar-refractivity contribution in [1.82, 2.24) is 20.0 Å². The Hall–Kier alpha value is -1.50. The van der Waals surface area contributed by atoms with Crippen LogP contribution in [0.5, 0.6) is 0 Å². The molecule has 3 rings (SSSR count). The highest BCUT2D eigenvalue weighted by atomic mass is 32.2. The van der Waals surface area contributed by atoms with Crippen LogP contribution >= 0.6 is 11.8 Å². The lowest BCUT2D eigenvalue weighted by Crippen LogP contribution is -2.50. The molecule has 23 heavy (non-hydrogen) atoms. The summed E-state index contributed by atoms with van der Waals surface area (Å²) in [5.41, 5.74) is 1.37. The van der Waals surface area contributed by atoms with E-state index < -0.39 is 0 Å². The third-order valence-corrected chi connectivity index (χ3v) is 5.50. The average Bonchev–Trinajstić information content (AvgIpc) is 3.23. The second-order valence-electron chi connectivity index (χ2n) is 6.46. The maximum absolute atomic E-state index is 12.8. The van der Waals surface area contributed by atoms with Gasteiger partial charge in [-0.3, -0.25) is 14.7 Å². The maximum Gasteiger partial charge on any atom is 0.275 e. The number of nitrogens with one attached hydrogen (secondary N) is 1. The van der Waals surface area contributed by atoms with Crippen LogP contribution in [-0.4, -0.2) is 69.0 Å². The first kappa shape index (κ1) is 16.4. The summed E-state index contributed by atoms with van der Waals surface area (Å²) >= 11 is 1.88. The number of hydrogen-bond donors (Lipinski definition) is 1. The quantitative estimate of drug-likeness (QED) is 0.912. The Balaban J connectivity index is 1.72. The van der Waals surface area contributed by atoms with Gasteiger partial charge in [-0.15, -0.1) is 0 Å². The number of thioether (sulfide) groups is 1. The van der Waals surface area contributed by atoms with Crippen molar-refractivity contribution in [1.29, 1.82) is 0 Å². The van der Waals surface area contributed by atoms with E-state index in [0.29, 0.717) is 18.2 Å². The number of amides is 2. The van der Waals surface area contributed by atoms with Gasteiger partial charge in [0, 0.05) is 36.8 Å². The molecular formula is C16H24N4O2S. The fourth-order valence-corrected chi connectivity index (χ4v) is 4.05. The van der Waals surface area contributed by atoms with Crippen molar-refractivity contribution in [3.05, 3.63) is 17.5 Å². The van der Waals surface area contributed by atoms with Gasteiger partial charge in [-0.25, -0.2) is 0 Å². The Morgan fingerprint density at radius 1 is 1.30 bits per heavy atom. The molecule has 1 aromatic rings. The second-order valence-corrected chi connectivity index (χ2v) is 7.68. The predicted molar refractivity (Wildman–Crippen MR) is 90.6 cm³/mol. The van der Waals surface area contributed by atoms with Crippen molar-refractivity contribution < 1.29 is 9.59 Å². The van der Waals surface area contributed by atoms with Gasteiger partial charge < -0.3 is 9.80 Å². The summed E-state index contributed by atoms with van der Waals surface area (Å²) in [5, 5.41) is 7.07. The van der Waals surface area contributed by atoms with Gasteiger partial charge in [0.15, 0.2) is 0 Å². The third kappa shape index (κ3) is 3.39. The Kier molecular flexibility index (Phi) is 4.94. The van der Waals surface area contributed by atoms with Crippen molar-refractivity contribution >= 4 is 23.6 Å². The summed E-state index contributed by atoms with van der Waals surface area (Å²) in [4.78, 5) is 29.1. The Bertz CT molecular complexity index is 580. The Morgan fingerprint density at radius 2 is 2.04 bits per heavy atom. The van der Waals surface area contributed by atoms with Crippen LogP contribution in [0.2, 0.25) is 0 Å². The normalized spacial score (nSPS) is 22.0. The summed E-state index contributed by atoms with van der Waals surface area (Å²) in [6, 6.07) is 1.49. The molecule has 0 unspecified atom stereocenters. The van der Waals surface area contributed by atoms with Crippen LogP contribution < -0.4 is 0 Å². The molecule has 1 aromatic heterocycles. The molecule has 2 saturated heterocycles. The molecule has 2 amide bonds. The summed E-state index contributed by atoms with van der Waals surface area (Å²) < 4.78 is 0. The third-order valence-electron chi connectivity index (χ3n) is 4.56. The molecule has 0 saturated carbocycles. The first-order valence-electron chi connectivity index (χ1n) is 8.30. The van der Waals surface area contributed by atoms with E-state index in [9.17, 15) is 9.59 Å². The number of aromatic nitrogens is 2. The van der Waals surface area contributed by atoms with Crippen molar-refractivity contribution in [2.45, 2.75) is 38.6 Å². The SMILES string of the molecule is CC(C)c1cc(C(=O)N2CCC[C@@H]2C(=O)N2CCSCC2)n[nH]1. The molecular weight excluding hydrogens is 312 g/mol. The molecule has 0 radical (unpaired) electrons. The molecule has 0 bridgehead atoms. The number of likely N-dealkylation sites (tertiary alicyclic amines) is 1. The van der Waals surface area contributed by atoms with Crippen molar-refractivity contribution in [3.8, 4) is 0 Å². The summed E-state index contributed by atoms with van der Waals surface area (Å²) in [6.45, 7) is 6.34. The van der Waals surface area contributed by atoms with E-state index in [2.05, 4.69) is 24.0 Å². The number of carbonyl (C=O) groups is 2. The molecule has 0 aliphatic carbocycles. The zero-order valence-electron chi connectivity index (χ0n) is 13.7. The lowest BCUT2D eigenvalue weighted by atomic mass is 10.1. The number of aromatic amines is 1. The molecule has 2 fully saturated rings. The minimum Gasteiger partial charge on any atom is -0.339 e. The van der Waals surface area contributed by atoms with Crippen LogP contribution in [0.4, 0.5) is 0 Å². The summed E-state index contributed by atoms with van der Waals surface area (Å²) in [6.07, 6.45) is 1.64. The molecule has 126 valence electrons. The minimum atomic E-state index is -0.315. The molecule has 7 heteroatoms. The van der Waals surface area contributed by atoms with E-state index in [1.165, 1.54) is 0 Å². The van der Waals surface area contributed by atoms with Gasteiger partial charge in [0.25, 0.3) is 5.91 Å². The lowest BCUT2D eigenvalue weighted by Gasteiger charge is -2.32. The van der Waals surface area contributed by atoms with E-state index in [-0.39, 0.29) is 17.9 Å². The highest BCUT2D eigenvalue weighted by molar-refractivity contribution is 7.99. The molecule has 3 heterocycles. The molecule has 2 aliphatic rings. The lowest BCUT2D eigenvalue weighted by molar-refractivity contribution is -0.134. The molecule has 1 atom stereocenters. The summed E-state index contributed by atoms with van der Waals surface area (Å²) in [7, 11) is 0. The molecule has 2 aliphatic heterocycles. The van der Waals surface area contributed by atoms with Crippen molar-refractivity contribution in [3.63, 3.8) is 0 Å². The van der Waals surface area contributed by atoms with Gasteiger partial charge >= 0.3 is 0 Å².